The molecule has 9 nitrogen and oxygen atoms in total. The van der Waals surface area contributed by atoms with Gasteiger partial charge in [0.15, 0.2) is 0 Å². The first-order valence-electron chi connectivity index (χ1n) is 13.6. The molecule has 13 heteroatoms. The van der Waals surface area contributed by atoms with Crippen molar-refractivity contribution in [2.45, 2.75) is 38.9 Å². The number of benzene rings is 3. The second-order valence-electron chi connectivity index (χ2n) is 10.9. The Morgan fingerprint density at radius 3 is 2.41 bits per heavy atom. The molecule has 4 aromatic rings. The summed E-state index contributed by atoms with van der Waals surface area (Å²) in [5.74, 6) is -2.29. The number of nitrogens with zero attached hydrogens (tertiary/aromatic N) is 3. The first kappa shape index (κ1) is 30.4. The number of halogens is 4. The third-order valence-electron chi connectivity index (χ3n) is 7.65. The van der Waals surface area contributed by atoms with E-state index >= 15 is 0 Å². The van der Waals surface area contributed by atoms with Crippen molar-refractivity contribution in [3.63, 3.8) is 0 Å². The Bertz CT molecular complexity index is 1870. The Hall–Kier alpha value is -5.07. The van der Waals surface area contributed by atoms with E-state index in [1.165, 1.54) is 45.0 Å². The van der Waals surface area contributed by atoms with Crippen molar-refractivity contribution in [2.24, 2.45) is 0 Å². The number of hydrogen-bond acceptors (Lipinski definition) is 5. The minimum absolute atomic E-state index is 0.0567. The van der Waals surface area contributed by atoms with Crippen LogP contribution in [0, 0.1) is 12.7 Å². The van der Waals surface area contributed by atoms with Gasteiger partial charge < -0.3 is 10.2 Å². The lowest BCUT2D eigenvalue weighted by Gasteiger charge is -2.27. The molecule has 0 bridgehead atoms. The molecule has 0 spiro atoms. The molecule has 1 aliphatic heterocycles. The smallest absolute Gasteiger partial charge is 0.350 e. The van der Waals surface area contributed by atoms with Crippen LogP contribution in [0.2, 0.25) is 0 Å². The summed E-state index contributed by atoms with van der Waals surface area (Å²) in [5, 5.41) is 10.2. The molecule has 0 radical (unpaired) electrons. The van der Waals surface area contributed by atoms with Gasteiger partial charge in [-0.1, -0.05) is 30.3 Å². The van der Waals surface area contributed by atoms with Crippen LogP contribution in [0.5, 0.6) is 0 Å². The maximum Gasteiger partial charge on any atom is 0.416 e. The van der Waals surface area contributed by atoms with Gasteiger partial charge in [0, 0.05) is 24.9 Å². The van der Waals surface area contributed by atoms with E-state index in [4.69, 9.17) is 0 Å². The predicted octanol–water partition coefficient (Wildman–Crippen LogP) is 4.96. The Morgan fingerprint density at radius 1 is 1.00 bits per heavy atom. The molecule has 2 N–H and O–H groups in total. The molecule has 0 atom stereocenters. The van der Waals surface area contributed by atoms with Crippen LogP contribution in [0.15, 0.2) is 65.5 Å². The number of anilines is 1. The number of aromatic nitrogens is 2. The van der Waals surface area contributed by atoms with Crippen molar-refractivity contribution in [2.75, 3.05) is 18.0 Å². The summed E-state index contributed by atoms with van der Waals surface area (Å²) in [5.41, 5.74) is -2.21. The molecule has 1 saturated heterocycles. The summed E-state index contributed by atoms with van der Waals surface area (Å²) in [6.07, 6.45) is -4.48. The molecule has 44 heavy (non-hydrogen) atoms. The van der Waals surface area contributed by atoms with Crippen LogP contribution in [-0.2, 0) is 17.4 Å². The highest BCUT2D eigenvalue weighted by Crippen LogP contribution is 2.37. The Kier molecular flexibility index (Phi) is 7.74. The molecular weight excluding hydrogens is 582 g/mol. The van der Waals surface area contributed by atoms with Gasteiger partial charge in [-0.3, -0.25) is 14.4 Å². The Balaban J connectivity index is 1.30. The lowest BCUT2D eigenvalue weighted by atomic mass is 10.0. The summed E-state index contributed by atoms with van der Waals surface area (Å²) >= 11 is 0. The van der Waals surface area contributed by atoms with Gasteiger partial charge in [-0.2, -0.15) is 18.3 Å². The van der Waals surface area contributed by atoms with Crippen molar-refractivity contribution in [1.29, 1.82) is 0 Å². The topological polar surface area (TPSA) is 115 Å². The molecule has 1 fully saturated rings. The average molecular weight is 610 g/mol. The quantitative estimate of drug-likeness (QED) is 0.227. The number of hydrogen-bond donors (Lipinski definition) is 2. The number of aromatic amines is 1. The summed E-state index contributed by atoms with van der Waals surface area (Å²) in [7, 11) is 0. The van der Waals surface area contributed by atoms with E-state index in [-0.39, 0.29) is 41.9 Å². The van der Waals surface area contributed by atoms with E-state index in [0.29, 0.717) is 26.9 Å². The van der Waals surface area contributed by atoms with Crippen molar-refractivity contribution >= 4 is 34.3 Å². The summed E-state index contributed by atoms with van der Waals surface area (Å²) < 4.78 is 55.1. The van der Waals surface area contributed by atoms with Gasteiger partial charge >= 0.3 is 12.2 Å². The highest BCUT2D eigenvalue weighted by atomic mass is 19.4. The fourth-order valence-electron chi connectivity index (χ4n) is 5.23. The molecule has 3 aromatic carbocycles. The maximum atomic E-state index is 14.7. The minimum atomic E-state index is -4.68. The van der Waals surface area contributed by atoms with Crippen molar-refractivity contribution in [1.82, 2.24) is 20.4 Å². The highest BCUT2D eigenvalue weighted by molar-refractivity contribution is 6.23. The largest absolute Gasteiger partial charge is 0.416 e. The van der Waals surface area contributed by atoms with Gasteiger partial charge in [0.25, 0.3) is 17.4 Å². The lowest BCUT2D eigenvalue weighted by molar-refractivity contribution is -0.138. The van der Waals surface area contributed by atoms with Crippen LogP contribution in [-0.4, -0.2) is 51.6 Å². The molecule has 228 valence electrons. The van der Waals surface area contributed by atoms with Crippen LogP contribution in [0.25, 0.3) is 10.8 Å². The first-order valence-corrected chi connectivity index (χ1v) is 13.6. The van der Waals surface area contributed by atoms with Gasteiger partial charge in [-0.05, 0) is 62.2 Å². The fourth-order valence-corrected chi connectivity index (χ4v) is 5.23. The summed E-state index contributed by atoms with van der Waals surface area (Å²) in [6.45, 7) is 3.83. The number of carbonyl (C=O) groups is 3. The molecule has 0 unspecified atom stereocenters. The average Bonchev–Trinajstić information content (AvgIpc) is 3.14. The zero-order valence-electron chi connectivity index (χ0n) is 23.9. The van der Waals surface area contributed by atoms with Gasteiger partial charge in [0.05, 0.1) is 27.9 Å². The molecule has 0 saturated carbocycles. The van der Waals surface area contributed by atoms with Crippen LogP contribution < -0.4 is 15.8 Å². The van der Waals surface area contributed by atoms with E-state index in [1.807, 2.05) is 0 Å². The minimum Gasteiger partial charge on any atom is -0.350 e. The molecule has 5 rings (SSSR count). The monoisotopic (exact) mass is 609 g/mol. The summed E-state index contributed by atoms with van der Waals surface area (Å²) in [6, 6.07) is 13.2. The molecule has 1 aromatic heterocycles. The van der Waals surface area contributed by atoms with E-state index in [2.05, 4.69) is 15.5 Å². The van der Waals surface area contributed by atoms with Gasteiger partial charge in [-0.25, -0.2) is 19.2 Å². The van der Waals surface area contributed by atoms with E-state index in [0.717, 1.165) is 17.0 Å². The second-order valence-corrected chi connectivity index (χ2v) is 10.9. The molecule has 0 aliphatic carbocycles. The normalized spacial score (nSPS) is 14.9. The number of H-pyrrole nitrogens is 1. The molecule has 4 amide bonds. The standard InChI is InChI=1S/C31H27F4N5O4/c1-17-8-10-19(16-23(17)31(33,34)35)40-28(43)30(2,3)39(29(40)44)13-12-36-26(41)22-14-18(9-11-24(22)32)15-25-20-6-4-5-7-21(20)27(42)38-37-25/h4-11,14,16H,12-13,15H2,1-3H3,(H,36,41)(H,38,42). The van der Waals surface area contributed by atoms with Crippen LogP contribution >= 0.6 is 0 Å². The number of imide groups is 1. The van der Waals surface area contributed by atoms with Gasteiger partial charge in [-0.15, -0.1) is 0 Å². The molecule has 2 heterocycles. The van der Waals surface area contributed by atoms with Crippen molar-refractivity contribution in [3.8, 4) is 0 Å². The van der Waals surface area contributed by atoms with Crippen LogP contribution in [0.3, 0.4) is 0 Å². The number of amides is 4. The summed E-state index contributed by atoms with van der Waals surface area (Å²) in [4.78, 5) is 53.3. The maximum absolute atomic E-state index is 14.7. The number of nitrogens with one attached hydrogen (secondary N) is 2. The Labute approximate surface area is 248 Å². The number of carbonyl (C=O) groups excluding carboxylic acids is 3. The first-order chi connectivity index (χ1) is 20.7. The zero-order chi connectivity index (χ0) is 32.0. The molecule has 1 aliphatic rings. The molecular formula is C31H27F4N5O4. The van der Waals surface area contributed by atoms with E-state index < -0.39 is 40.9 Å². The van der Waals surface area contributed by atoms with E-state index in [1.54, 1.807) is 24.3 Å². The number of rotatable bonds is 7. The van der Waals surface area contributed by atoms with Gasteiger partial charge in [0.1, 0.15) is 11.4 Å². The third kappa shape index (κ3) is 5.52. The second kappa shape index (κ2) is 11.2. The SMILES string of the molecule is Cc1ccc(N2C(=O)N(CCNC(=O)c3cc(Cc4n[nH]c(=O)c5ccccc45)ccc3F)C(C)(C)C2=O)cc1C(F)(F)F. The van der Waals surface area contributed by atoms with Gasteiger partial charge in [0.2, 0.25) is 0 Å². The predicted molar refractivity (Wildman–Crippen MR) is 154 cm³/mol. The highest BCUT2D eigenvalue weighted by Gasteiger charge is 2.52. The number of urea groups is 1. The van der Waals surface area contributed by atoms with E-state index in [9.17, 15) is 36.7 Å². The number of fused-ring (bicyclic) bond motifs is 1. The number of alkyl halides is 3. The zero-order valence-corrected chi connectivity index (χ0v) is 23.9. The van der Waals surface area contributed by atoms with Crippen LogP contribution in [0.4, 0.5) is 28.0 Å². The lowest BCUT2D eigenvalue weighted by Crippen LogP contribution is -2.47. The van der Waals surface area contributed by atoms with Crippen molar-refractivity contribution in [3.05, 3.63) is 105 Å². The third-order valence-corrected chi connectivity index (χ3v) is 7.65. The number of aryl methyl sites for hydroxylation is 1. The van der Waals surface area contributed by atoms with Crippen LogP contribution in [0.1, 0.15) is 46.6 Å². The fraction of sp³-hybridized carbons (Fsp3) is 0.258. The Morgan fingerprint density at radius 2 is 1.70 bits per heavy atom. The van der Waals surface area contributed by atoms with Crippen molar-refractivity contribution < 1.29 is 31.9 Å².